The van der Waals surface area contributed by atoms with Gasteiger partial charge in [-0.1, -0.05) is 0 Å². The summed E-state index contributed by atoms with van der Waals surface area (Å²) in [4.78, 5) is 47.3. The van der Waals surface area contributed by atoms with Crippen LogP contribution in [0.4, 0.5) is 18.9 Å². The highest BCUT2D eigenvalue weighted by Crippen LogP contribution is 2.33. The number of hydrogen-bond acceptors (Lipinski definition) is 6. The van der Waals surface area contributed by atoms with E-state index in [2.05, 4.69) is 10.6 Å². The zero-order chi connectivity index (χ0) is 22.5. The Morgan fingerprint density at radius 2 is 1.72 bits per heavy atom. The van der Waals surface area contributed by atoms with Gasteiger partial charge in [0.1, 0.15) is 6.04 Å². The van der Waals surface area contributed by atoms with E-state index >= 15 is 0 Å². The van der Waals surface area contributed by atoms with Crippen molar-refractivity contribution < 1.29 is 37.1 Å². The molecule has 9 nitrogen and oxygen atoms in total. The number of nitrogens with two attached hydrogens (primary N) is 2. The number of ether oxygens (including phenoxy) is 1. The maximum absolute atomic E-state index is 13.1. The van der Waals surface area contributed by atoms with Crippen LogP contribution in [0.25, 0.3) is 0 Å². The van der Waals surface area contributed by atoms with Gasteiger partial charge >= 0.3 is 12.1 Å². The summed E-state index contributed by atoms with van der Waals surface area (Å²) in [6.45, 7) is 3.62. The summed E-state index contributed by atoms with van der Waals surface area (Å²) in [5, 5.41) is 4.24. The Balaban J connectivity index is 3.19. The molecule has 1 rings (SSSR count). The molecule has 1 unspecified atom stereocenters. The van der Waals surface area contributed by atoms with E-state index in [1.54, 1.807) is 0 Å². The number of carbonyl (C=O) groups is 4. The average molecular weight is 418 g/mol. The second-order valence-corrected chi connectivity index (χ2v) is 6.31. The number of anilines is 1. The molecule has 3 amide bonds. The van der Waals surface area contributed by atoms with Gasteiger partial charge < -0.3 is 26.8 Å². The fraction of sp³-hybridized carbons (Fsp3) is 0.412. The summed E-state index contributed by atoms with van der Waals surface area (Å²) in [5.74, 6) is -3.91. The predicted octanol–water partition coefficient (Wildman–Crippen LogP) is 0.573. The molecule has 0 radical (unpaired) electrons. The maximum Gasteiger partial charge on any atom is 0.416 e. The van der Waals surface area contributed by atoms with Crippen LogP contribution in [-0.4, -0.2) is 42.4 Å². The molecule has 0 aliphatic heterocycles. The summed E-state index contributed by atoms with van der Waals surface area (Å²) in [6.07, 6.45) is -5.46. The molecule has 0 heterocycles. The van der Waals surface area contributed by atoms with Gasteiger partial charge in [0.05, 0.1) is 29.3 Å². The average Bonchev–Trinajstić information content (AvgIpc) is 2.57. The summed E-state index contributed by atoms with van der Waals surface area (Å²) >= 11 is 0. The van der Waals surface area contributed by atoms with Crippen LogP contribution in [-0.2, 0) is 20.5 Å². The number of hydrogen-bond donors (Lipinski definition) is 4. The van der Waals surface area contributed by atoms with E-state index in [1.807, 2.05) is 0 Å². The molecule has 0 fully saturated rings. The maximum atomic E-state index is 13.1. The molecule has 12 heteroatoms. The molecule has 160 valence electrons. The first kappa shape index (κ1) is 23.7. The minimum absolute atomic E-state index is 0.437. The number of halogens is 3. The van der Waals surface area contributed by atoms with E-state index < -0.39 is 70.9 Å². The van der Waals surface area contributed by atoms with Crippen molar-refractivity contribution in [3.8, 4) is 0 Å². The Labute approximate surface area is 163 Å². The first-order valence-electron chi connectivity index (χ1n) is 8.32. The van der Waals surface area contributed by atoms with Crippen molar-refractivity contribution in [1.29, 1.82) is 0 Å². The van der Waals surface area contributed by atoms with Gasteiger partial charge in [0.25, 0.3) is 5.91 Å². The van der Waals surface area contributed by atoms with Gasteiger partial charge in [-0.15, -0.1) is 0 Å². The van der Waals surface area contributed by atoms with Crippen molar-refractivity contribution in [3.63, 3.8) is 0 Å². The normalized spacial score (nSPS) is 12.2. The van der Waals surface area contributed by atoms with Gasteiger partial charge in [-0.05, 0) is 32.9 Å². The van der Waals surface area contributed by atoms with Crippen molar-refractivity contribution in [2.24, 2.45) is 5.73 Å². The summed E-state index contributed by atoms with van der Waals surface area (Å²) < 4.78 is 44.2. The Kier molecular flexibility index (Phi) is 7.57. The van der Waals surface area contributed by atoms with Crippen LogP contribution in [0.5, 0.6) is 0 Å². The van der Waals surface area contributed by atoms with E-state index in [0.717, 1.165) is 0 Å². The number of carbonyl (C=O) groups excluding carboxylic acids is 4. The second kappa shape index (κ2) is 9.26. The lowest BCUT2D eigenvalue weighted by molar-refractivity contribution is -0.137. The van der Waals surface area contributed by atoms with E-state index in [1.165, 1.54) is 20.8 Å². The van der Waals surface area contributed by atoms with E-state index in [9.17, 15) is 32.3 Å². The predicted molar refractivity (Wildman–Crippen MR) is 95.5 cm³/mol. The number of nitrogens with one attached hydrogen (secondary N) is 2. The zero-order valence-electron chi connectivity index (χ0n) is 15.8. The summed E-state index contributed by atoms with van der Waals surface area (Å²) in [6, 6.07) is -0.0817. The highest BCUT2D eigenvalue weighted by Gasteiger charge is 2.34. The summed E-state index contributed by atoms with van der Waals surface area (Å²) in [5.41, 5.74) is 7.43. The highest BCUT2D eigenvalue weighted by atomic mass is 19.4. The van der Waals surface area contributed by atoms with Crippen LogP contribution in [0.1, 0.15) is 47.1 Å². The number of rotatable bonds is 7. The van der Waals surface area contributed by atoms with Gasteiger partial charge in [0.2, 0.25) is 11.8 Å². The van der Waals surface area contributed by atoms with Crippen molar-refractivity contribution in [1.82, 2.24) is 10.6 Å². The topological polar surface area (TPSA) is 154 Å². The SMILES string of the molecule is CC(C)OC(=O)c1c(N)cc(C(F)(F)F)cc1C(=O)NCC(=O)NC(C)C(N)=O. The van der Waals surface area contributed by atoms with Crippen molar-refractivity contribution in [3.05, 3.63) is 28.8 Å². The lowest BCUT2D eigenvalue weighted by Gasteiger charge is -2.17. The lowest BCUT2D eigenvalue weighted by atomic mass is 10.0. The van der Waals surface area contributed by atoms with Gasteiger partial charge in [0, 0.05) is 5.69 Å². The number of alkyl halides is 3. The first-order valence-corrected chi connectivity index (χ1v) is 8.32. The lowest BCUT2D eigenvalue weighted by Crippen LogP contribution is -2.46. The molecule has 1 aromatic rings. The zero-order valence-corrected chi connectivity index (χ0v) is 15.8. The largest absolute Gasteiger partial charge is 0.459 e. The Bertz CT molecular complexity index is 824. The van der Waals surface area contributed by atoms with Crippen LogP contribution >= 0.6 is 0 Å². The second-order valence-electron chi connectivity index (χ2n) is 6.31. The molecule has 0 saturated heterocycles. The van der Waals surface area contributed by atoms with Crippen LogP contribution in [0.3, 0.4) is 0 Å². The van der Waals surface area contributed by atoms with Crippen LogP contribution in [0.15, 0.2) is 12.1 Å². The Hall–Kier alpha value is -3.31. The molecule has 1 aromatic carbocycles. The van der Waals surface area contributed by atoms with E-state index in [-0.39, 0.29) is 0 Å². The minimum atomic E-state index is -4.84. The van der Waals surface area contributed by atoms with Crippen molar-refractivity contribution in [2.45, 2.75) is 39.1 Å². The molecule has 0 aliphatic carbocycles. The molecule has 0 aromatic heterocycles. The third kappa shape index (κ3) is 6.66. The van der Waals surface area contributed by atoms with Gasteiger partial charge in [-0.3, -0.25) is 14.4 Å². The number of nitrogen functional groups attached to an aromatic ring is 1. The van der Waals surface area contributed by atoms with Gasteiger partial charge in [-0.2, -0.15) is 13.2 Å². The fourth-order valence-corrected chi connectivity index (χ4v) is 2.13. The number of benzene rings is 1. The third-order valence-corrected chi connectivity index (χ3v) is 3.50. The molecular weight excluding hydrogens is 397 g/mol. The monoisotopic (exact) mass is 418 g/mol. The molecule has 0 bridgehead atoms. The first-order chi connectivity index (χ1) is 13.2. The Morgan fingerprint density at radius 1 is 1.14 bits per heavy atom. The molecule has 29 heavy (non-hydrogen) atoms. The number of esters is 1. The number of primary amides is 1. The summed E-state index contributed by atoms with van der Waals surface area (Å²) in [7, 11) is 0. The van der Waals surface area contributed by atoms with Gasteiger partial charge in [0.15, 0.2) is 0 Å². The molecule has 0 aliphatic rings. The Morgan fingerprint density at radius 3 is 2.21 bits per heavy atom. The fourth-order valence-electron chi connectivity index (χ4n) is 2.13. The van der Waals surface area contributed by atoms with Crippen molar-refractivity contribution >= 4 is 29.4 Å². The molecule has 1 atom stereocenters. The van der Waals surface area contributed by atoms with Crippen LogP contribution in [0, 0.1) is 0 Å². The smallest absolute Gasteiger partial charge is 0.416 e. The van der Waals surface area contributed by atoms with E-state index in [4.69, 9.17) is 16.2 Å². The highest BCUT2D eigenvalue weighted by molar-refractivity contribution is 6.09. The standard InChI is InChI=1S/C17H21F3N4O5/c1-7(2)29-16(28)13-10(4-9(5-11(13)21)17(18,19)20)15(27)23-6-12(25)24-8(3)14(22)26/h4-5,7-8H,6,21H2,1-3H3,(H2,22,26)(H,23,27)(H,24,25). The quantitative estimate of drug-likeness (QED) is 0.375. The van der Waals surface area contributed by atoms with E-state index in [0.29, 0.717) is 12.1 Å². The third-order valence-electron chi connectivity index (χ3n) is 3.50. The van der Waals surface area contributed by atoms with Crippen molar-refractivity contribution in [2.75, 3.05) is 12.3 Å². The minimum Gasteiger partial charge on any atom is -0.459 e. The molecule has 6 N–H and O–H groups in total. The number of amides is 3. The molecule has 0 saturated carbocycles. The van der Waals surface area contributed by atoms with Gasteiger partial charge in [-0.25, -0.2) is 4.79 Å². The molecule has 0 spiro atoms. The van der Waals surface area contributed by atoms with Crippen LogP contribution < -0.4 is 22.1 Å². The van der Waals surface area contributed by atoms with Crippen LogP contribution in [0.2, 0.25) is 0 Å². The molecular formula is C17H21F3N4O5.